The first-order valence-corrected chi connectivity index (χ1v) is 6.92. The van der Waals surface area contributed by atoms with E-state index in [1.807, 2.05) is 0 Å². The fourth-order valence-electron chi connectivity index (χ4n) is 2.02. The molecule has 0 amide bonds. The average molecular weight is 264 g/mol. The first-order chi connectivity index (χ1) is 9.11. The number of hydrogen-bond acceptors (Lipinski definition) is 3. The predicted octanol–water partition coefficient (Wildman–Crippen LogP) is 3.02. The Labute approximate surface area is 115 Å². The van der Waals surface area contributed by atoms with Gasteiger partial charge in [-0.1, -0.05) is 29.8 Å². The molecule has 19 heavy (non-hydrogen) atoms. The highest BCUT2D eigenvalue weighted by atomic mass is 16.5. The molecule has 0 saturated carbocycles. The SMILES string of the molecule is COC(=O)CCCC(O)CCCc1ccc(C)cc1. The fourth-order valence-corrected chi connectivity index (χ4v) is 2.02. The number of hydrogen-bond donors (Lipinski definition) is 1. The van der Waals surface area contributed by atoms with Crippen LogP contribution in [0.5, 0.6) is 0 Å². The van der Waals surface area contributed by atoms with Crippen LogP contribution in [-0.2, 0) is 16.0 Å². The van der Waals surface area contributed by atoms with Gasteiger partial charge in [0.2, 0.25) is 0 Å². The summed E-state index contributed by atoms with van der Waals surface area (Å²) in [5.74, 6) is -0.202. The Morgan fingerprint density at radius 2 is 1.84 bits per heavy atom. The van der Waals surface area contributed by atoms with Gasteiger partial charge in [-0.15, -0.1) is 0 Å². The van der Waals surface area contributed by atoms with Crippen molar-refractivity contribution in [3.8, 4) is 0 Å². The van der Waals surface area contributed by atoms with Gasteiger partial charge in [0, 0.05) is 6.42 Å². The Morgan fingerprint density at radius 1 is 1.21 bits per heavy atom. The monoisotopic (exact) mass is 264 g/mol. The number of methoxy groups -OCH3 is 1. The fraction of sp³-hybridized carbons (Fsp3) is 0.562. The summed E-state index contributed by atoms with van der Waals surface area (Å²) in [6.07, 6.45) is 4.20. The summed E-state index contributed by atoms with van der Waals surface area (Å²) in [4.78, 5) is 10.9. The molecular weight excluding hydrogens is 240 g/mol. The Kier molecular flexibility index (Phi) is 7.19. The van der Waals surface area contributed by atoms with E-state index in [4.69, 9.17) is 0 Å². The van der Waals surface area contributed by atoms with Gasteiger partial charge in [-0.25, -0.2) is 0 Å². The highest BCUT2D eigenvalue weighted by Gasteiger charge is 2.06. The number of benzene rings is 1. The molecule has 1 unspecified atom stereocenters. The molecule has 0 heterocycles. The second-order valence-corrected chi connectivity index (χ2v) is 5.00. The van der Waals surface area contributed by atoms with Gasteiger partial charge in [-0.05, 0) is 44.6 Å². The van der Waals surface area contributed by atoms with E-state index in [1.54, 1.807) is 0 Å². The highest BCUT2D eigenvalue weighted by molar-refractivity contribution is 5.68. The van der Waals surface area contributed by atoms with Crippen molar-refractivity contribution in [2.45, 2.75) is 51.6 Å². The molecule has 3 heteroatoms. The molecule has 0 spiro atoms. The van der Waals surface area contributed by atoms with Gasteiger partial charge in [0.25, 0.3) is 0 Å². The van der Waals surface area contributed by atoms with Crippen LogP contribution in [0.2, 0.25) is 0 Å². The summed E-state index contributed by atoms with van der Waals surface area (Å²) >= 11 is 0. The maximum Gasteiger partial charge on any atom is 0.305 e. The topological polar surface area (TPSA) is 46.5 Å². The normalized spacial score (nSPS) is 12.2. The van der Waals surface area contributed by atoms with E-state index in [0.717, 1.165) is 19.3 Å². The minimum atomic E-state index is -0.310. The molecule has 1 aromatic rings. The van der Waals surface area contributed by atoms with Crippen LogP contribution in [0.15, 0.2) is 24.3 Å². The Balaban J connectivity index is 2.11. The first-order valence-electron chi connectivity index (χ1n) is 6.92. The van der Waals surface area contributed by atoms with Crippen LogP contribution in [0.4, 0.5) is 0 Å². The molecule has 0 radical (unpaired) electrons. The van der Waals surface area contributed by atoms with Gasteiger partial charge in [-0.3, -0.25) is 4.79 Å². The van der Waals surface area contributed by atoms with E-state index in [1.165, 1.54) is 18.2 Å². The van der Waals surface area contributed by atoms with Crippen LogP contribution in [0.1, 0.15) is 43.2 Å². The summed E-state index contributed by atoms with van der Waals surface area (Å²) in [7, 11) is 1.39. The number of rotatable bonds is 8. The summed E-state index contributed by atoms with van der Waals surface area (Å²) in [5.41, 5.74) is 2.58. The lowest BCUT2D eigenvalue weighted by Gasteiger charge is -2.10. The zero-order valence-electron chi connectivity index (χ0n) is 11.9. The third-order valence-corrected chi connectivity index (χ3v) is 3.27. The number of ether oxygens (including phenoxy) is 1. The summed E-state index contributed by atoms with van der Waals surface area (Å²) in [6.45, 7) is 2.08. The molecule has 0 bridgehead atoms. The third kappa shape index (κ3) is 6.97. The number of aryl methyl sites for hydroxylation is 2. The maximum absolute atomic E-state index is 10.9. The van der Waals surface area contributed by atoms with E-state index in [-0.39, 0.29) is 12.1 Å². The Hall–Kier alpha value is -1.35. The molecule has 0 aliphatic heterocycles. The van der Waals surface area contributed by atoms with Crippen LogP contribution in [0.25, 0.3) is 0 Å². The zero-order valence-corrected chi connectivity index (χ0v) is 11.9. The van der Waals surface area contributed by atoms with Gasteiger partial charge < -0.3 is 9.84 Å². The molecule has 0 saturated heterocycles. The molecule has 1 rings (SSSR count). The van der Waals surface area contributed by atoms with Gasteiger partial charge in [0.05, 0.1) is 13.2 Å². The number of esters is 1. The number of carbonyl (C=O) groups is 1. The lowest BCUT2D eigenvalue weighted by Crippen LogP contribution is -2.08. The summed E-state index contributed by atoms with van der Waals surface area (Å²) < 4.78 is 4.56. The van der Waals surface area contributed by atoms with E-state index >= 15 is 0 Å². The van der Waals surface area contributed by atoms with Crippen LogP contribution < -0.4 is 0 Å². The van der Waals surface area contributed by atoms with Gasteiger partial charge in [0.1, 0.15) is 0 Å². The van der Waals surface area contributed by atoms with Crippen LogP contribution in [0, 0.1) is 6.92 Å². The van der Waals surface area contributed by atoms with E-state index in [0.29, 0.717) is 19.3 Å². The van der Waals surface area contributed by atoms with Crippen LogP contribution in [-0.4, -0.2) is 24.3 Å². The maximum atomic E-state index is 10.9. The number of carbonyl (C=O) groups excluding carboxylic acids is 1. The first kappa shape index (κ1) is 15.7. The zero-order chi connectivity index (χ0) is 14.1. The summed E-state index contributed by atoms with van der Waals surface area (Å²) in [5, 5.41) is 9.80. The van der Waals surface area contributed by atoms with E-state index in [2.05, 4.69) is 35.9 Å². The van der Waals surface area contributed by atoms with E-state index in [9.17, 15) is 9.90 Å². The lowest BCUT2D eigenvalue weighted by atomic mass is 10.0. The van der Waals surface area contributed by atoms with Gasteiger partial charge in [-0.2, -0.15) is 0 Å². The number of aliphatic hydroxyl groups is 1. The quantitative estimate of drug-likeness (QED) is 0.734. The minimum absolute atomic E-state index is 0.202. The highest BCUT2D eigenvalue weighted by Crippen LogP contribution is 2.11. The lowest BCUT2D eigenvalue weighted by molar-refractivity contribution is -0.140. The Bertz CT molecular complexity index is 370. The van der Waals surface area contributed by atoms with Crippen molar-refractivity contribution in [2.24, 2.45) is 0 Å². The Morgan fingerprint density at radius 3 is 2.47 bits per heavy atom. The molecule has 106 valence electrons. The molecule has 1 N–H and O–H groups in total. The minimum Gasteiger partial charge on any atom is -0.469 e. The summed E-state index contributed by atoms with van der Waals surface area (Å²) in [6, 6.07) is 8.50. The number of aliphatic hydroxyl groups excluding tert-OH is 1. The molecule has 0 aliphatic carbocycles. The van der Waals surface area contributed by atoms with Crippen molar-refractivity contribution < 1.29 is 14.6 Å². The largest absolute Gasteiger partial charge is 0.469 e. The second kappa shape index (κ2) is 8.70. The second-order valence-electron chi connectivity index (χ2n) is 5.00. The van der Waals surface area contributed by atoms with Gasteiger partial charge in [0.15, 0.2) is 0 Å². The predicted molar refractivity (Wildman–Crippen MR) is 76.0 cm³/mol. The smallest absolute Gasteiger partial charge is 0.305 e. The molecule has 0 fully saturated rings. The molecule has 3 nitrogen and oxygen atoms in total. The van der Waals surface area contributed by atoms with Crippen molar-refractivity contribution in [3.63, 3.8) is 0 Å². The molecule has 1 atom stereocenters. The molecular formula is C16H24O3. The average Bonchev–Trinajstić information content (AvgIpc) is 2.41. The van der Waals surface area contributed by atoms with Crippen molar-refractivity contribution in [2.75, 3.05) is 7.11 Å². The van der Waals surface area contributed by atoms with Crippen LogP contribution in [0.3, 0.4) is 0 Å². The van der Waals surface area contributed by atoms with Gasteiger partial charge >= 0.3 is 5.97 Å². The van der Waals surface area contributed by atoms with Crippen molar-refractivity contribution in [1.82, 2.24) is 0 Å². The standard InChI is InChI=1S/C16H24O3/c1-13-9-11-14(12-10-13)5-3-6-15(17)7-4-8-16(18)19-2/h9-12,15,17H,3-8H2,1-2H3. The van der Waals surface area contributed by atoms with Crippen molar-refractivity contribution in [1.29, 1.82) is 0 Å². The van der Waals surface area contributed by atoms with Crippen molar-refractivity contribution >= 4 is 5.97 Å². The molecule has 0 aliphatic rings. The third-order valence-electron chi connectivity index (χ3n) is 3.27. The molecule has 1 aromatic carbocycles. The van der Waals surface area contributed by atoms with Crippen LogP contribution >= 0.6 is 0 Å². The molecule has 0 aromatic heterocycles. The van der Waals surface area contributed by atoms with E-state index < -0.39 is 0 Å². The van der Waals surface area contributed by atoms with Crippen molar-refractivity contribution in [3.05, 3.63) is 35.4 Å².